The maximum absolute atomic E-state index is 11.6. The van der Waals surface area contributed by atoms with Gasteiger partial charge in [0.25, 0.3) is 0 Å². The average molecular weight is 448 g/mol. The molecule has 0 aliphatic carbocycles. The SMILES string of the molecule is COc1cc2c(cc1OC)CN1[C@@H](C2)c2cc(OC)c(OC)cc2[C@H](O)[C@@H]1c1ccccc1. The molecule has 3 atom stereocenters. The number of hydrogen-bond acceptors (Lipinski definition) is 6. The number of aliphatic hydroxyl groups excluding tert-OH is 1. The van der Waals surface area contributed by atoms with Crippen molar-refractivity contribution in [1.29, 1.82) is 0 Å². The molecule has 0 radical (unpaired) electrons. The highest BCUT2D eigenvalue weighted by molar-refractivity contribution is 5.54. The number of fused-ring (bicyclic) bond motifs is 4. The highest BCUT2D eigenvalue weighted by atomic mass is 16.5. The van der Waals surface area contributed by atoms with E-state index in [9.17, 15) is 5.11 Å². The van der Waals surface area contributed by atoms with Crippen molar-refractivity contribution in [2.75, 3.05) is 28.4 Å². The van der Waals surface area contributed by atoms with E-state index in [0.717, 1.165) is 34.6 Å². The number of hydrogen-bond donors (Lipinski definition) is 1. The van der Waals surface area contributed by atoms with E-state index in [0.29, 0.717) is 18.0 Å². The Bertz CT molecular complexity index is 1160. The maximum Gasteiger partial charge on any atom is 0.161 e. The van der Waals surface area contributed by atoms with Gasteiger partial charge in [0.05, 0.1) is 40.6 Å². The van der Waals surface area contributed by atoms with Gasteiger partial charge in [-0.15, -0.1) is 0 Å². The predicted molar refractivity (Wildman–Crippen MR) is 125 cm³/mol. The van der Waals surface area contributed by atoms with Gasteiger partial charge >= 0.3 is 0 Å². The second-order valence-corrected chi connectivity index (χ2v) is 8.50. The van der Waals surface area contributed by atoms with Crippen LogP contribution in [0.4, 0.5) is 0 Å². The topological polar surface area (TPSA) is 60.4 Å². The molecule has 0 saturated carbocycles. The second kappa shape index (κ2) is 8.61. The van der Waals surface area contributed by atoms with Crippen LogP contribution in [0.1, 0.15) is 46.0 Å². The molecule has 2 aliphatic rings. The molecule has 33 heavy (non-hydrogen) atoms. The van der Waals surface area contributed by atoms with E-state index in [4.69, 9.17) is 18.9 Å². The molecule has 0 unspecified atom stereocenters. The predicted octanol–water partition coefficient (Wildman–Crippen LogP) is 4.61. The van der Waals surface area contributed by atoms with Gasteiger partial charge in [-0.3, -0.25) is 4.90 Å². The monoisotopic (exact) mass is 447 g/mol. The summed E-state index contributed by atoms with van der Waals surface area (Å²) in [6, 6.07) is 18.2. The van der Waals surface area contributed by atoms with Gasteiger partial charge in [-0.25, -0.2) is 0 Å². The Morgan fingerprint density at radius 2 is 1.27 bits per heavy atom. The van der Waals surface area contributed by atoms with Crippen LogP contribution in [0.5, 0.6) is 23.0 Å². The van der Waals surface area contributed by atoms with Gasteiger partial charge in [0.1, 0.15) is 0 Å². The van der Waals surface area contributed by atoms with Crippen molar-refractivity contribution in [2.45, 2.75) is 31.2 Å². The lowest BCUT2D eigenvalue weighted by Crippen LogP contribution is -2.43. The Balaban J connectivity index is 1.69. The van der Waals surface area contributed by atoms with Crippen LogP contribution in [0.15, 0.2) is 54.6 Å². The molecular weight excluding hydrogens is 418 g/mol. The minimum absolute atomic E-state index is 0.0685. The fraction of sp³-hybridized carbons (Fsp3) is 0.333. The third kappa shape index (κ3) is 3.50. The van der Waals surface area contributed by atoms with Gasteiger partial charge in [0.2, 0.25) is 0 Å². The molecule has 172 valence electrons. The first-order chi connectivity index (χ1) is 16.1. The van der Waals surface area contributed by atoms with Crippen molar-refractivity contribution in [3.63, 3.8) is 0 Å². The van der Waals surface area contributed by atoms with E-state index in [2.05, 4.69) is 29.2 Å². The second-order valence-electron chi connectivity index (χ2n) is 8.50. The lowest BCUT2D eigenvalue weighted by Gasteiger charge is -2.49. The Hall–Kier alpha value is -3.22. The molecule has 0 amide bonds. The van der Waals surface area contributed by atoms with Crippen LogP contribution < -0.4 is 18.9 Å². The number of benzene rings is 3. The van der Waals surface area contributed by atoms with Crippen LogP contribution in [0, 0.1) is 0 Å². The van der Waals surface area contributed by atoms with Gasteiger partial charge < -0.3 is 24.1 Å². The molecule has 0 spiro atoms. The molecule has 0 bridgehead atoms. The molecule has 0 aromatic heterocycles. The molecular formula is C27H29NO5. The third-order valence-corrected chi connectivity index (χ3v) is 6.94. The molecule has 0 saturated heterocycles. The molecule has 5 rings (SSSR count). The summed E-state index contributed by atoms with van der Waals surface area (Å²) in [6.07, 6.45) is 0.0777. The molecule has 1 N–H and O–H groups in total. The molecule has 3 aromatic rings. The van der Waals surface area contributed by atoms with E-state index in [1.807, 2.05) is 30.3 Å². The Morgan fingerprint density at radius 1 is 0.727 bits per heavy atom. The van der Waals surface area contributed by atoms with Crippen molar-refractivity contribution >= 4 is 0 Å². The average Bonchev–Trinajstić information content (AvgIpc) is 2.86. The van der Waals surface area contributed by atoms with Crippen LogP contribution in [0.25, 0.3) is 0 Å². The van der Waals surface area contributed by atoms with E-state index in [1.165, 1.54) is 11.1 Å². The number of rotatable bonds is 5. The summed E-state index contributed by atoms with van der Waals surface area (Å²) in [5.41, 5.74) is 5.43. The molecule has 2 heterocycles. The first-order valence-corrected chi connectivity index (χ1v) is 11.1. The van der Waals surface area contributed by atoms with Gasteiger partial charge in [0.15, 0.2) is 23.0 Å². The van der Waals surface area contributed by atoms with Gasteiger partial charge in [-0.1, -0.05) is 30.3 Å². The van der Waals surface area contributed by atoms with Crippen LogP contribution in [0.2, 0.25) is 0 Å². The largest absolute Gasteiger partial charge is 0.493 e. The molecule has 0 fully saturated rings. The smallest absolute Gasteiger partial charge is 0.161 e. The zero-order chi connectivity index (χ0) is 23.1. The zero-order valence-electron chi connectivity index (χ0n) is 19.4. The fourth-order valence-corrected chi connectivity index (χ4v) is 5.34. The highest BCUT2D eigenvalue weighted by Crippen LogP contribution is 2.53. The number of nitrogens with zero attached hydrogens (tertiary/aromatic N) is 1. The fourth-order valence-electron chi connectivity index (χ4n) is 5.34. The van der Waals surface area contributed by atoms with E-state index in [-0.39, 0.29) is 12.1 Å². The summed E-state index contributed by atoms with van der Waals surface area (Å²) in [5.74, 6) is 2.74. The summed E-state index contributed by atoms with van der Waals surface area (Å²) in [4.78, 5) is 2.39. The standard InChI is InChI=1S/C27H29NO5/c1-30-22-11-17-10-21-19-13-24(32-3)25(33-4)14-20(19)27(29)26(16-8-6-5-7-9-16)28(21)15-18(17)12-23(22)31-2/h5-9,11-14,21,26-27,29H,10,15H2,1-4H3/t21-,26-,27-/m0/s1. The summed E-state index contributed by atoms with van der Waals surface area (Å²) < 4.78 is 22.3. The molecule has 6 heteroatoms. The van der Waals surface area contributed by atoms with Crippen LogP contribution in [-0.2, 0) is 13.0 Å². The minimum Gasteiger partial charge on any atom is -0.493 e. The summed E-state index contributed by atoms with van der Waals surface area (Å²) >= 11 is 0. The van der Waals surface area contributed by atoms with Gasteiger partial charge in [0, 0.05) is 12.6 Å². The van der Waals surface area contributed by atoms with Gasteiger partial charge in [-0.2, -0.15) is 0 Å². The van der Waals surface area contributed by atoms with Crippen LogP contribution in [0.3, 0.4) is 0 Å². The molecule has 2 aliphatic heterocycles. The zero-order valence-corrected chi connectivity index (χ0v) is 19.4. The van der Waals surface area contributed by atoms with Crippen LogP contribution >= 0.6 is 0 Å². The molecule has 3 aromatic carbocycles. The first kappa shape index (κ1) is 21.6. The van der Waals surface area contributed by atoms with Gasteiger partial charge in [-0.05, 0) is 58.5 Å². The summed E-state index contributed by atoms with van der Waals surface area (Å²) in [6.45, 7) is 0.685. The number of aliphatic hydroxyl groups is 1. The van der Waals surface area contributed by atoms with E-state index < -0.39 is 6.10 Å². The third-order valence-electron chi connectivity index (χ3n) is 6.94. The Labute approximate surface area is 194 Å². The van der Waals surface area contributed by atoms with Crippen molar-refractivity contribution in [3.8, 4) is 23.0 Å². The number of ether oxygens (including phenoxy) is 4. The van der Waals surface area contributed by atoms with E-state index >= 15 is 0 Å². The first-order valence-electron chi connectivity index (χ1n) is 11.1. The number of methoxy groups -OCH3 is 4. The lowest BCUT2D eigenvalue weighted by atomic mass is 9.78. The maximum atomic E-state index is 11.6. The normalized spacial score (nSPS) is 21.4. The Morgan fingerprint density at radius 3 is 1.88 bits per heavy atom. The Kier molecular flexibility index (Phi) is 5.64. The quantitative estimate of drug-likeness (QED) is 0.617. The summed E-state index contributed by atoms with van der Waals surface area (Å²) in [7, 11) is 6.58. The minimum atomic E-state index is -0.708. The summed E-state index contributed by atoms with van der Waals surface area (Å²) in [5, 5.41) is 11.6. The van der Waals surface area contributed by atoms with Crippen molar-refractivity contribution in [1.82, 2.24) is 4.90 Å². The van der Waals surface area contributed by atoms with Crippen LogP contribution in [-0.4, -0.2) is 38.4 Å². The molecule has 6 nitrogen and oxygen atoms in total. The van der Waals surface area contributed by atoms with Crippen molar-refractivity contribution < 1.29 is 24.1 Å². The highest BCUT2D eigenvalue weighted by Gasteiger charge is 2.44. The van der Waals surface area contributed by atoms with Crippen molar-refractivity contribution in [3.05, 3.63) is 82.4 Å². The van der Waals surface area contributed by atoms with E-state index in [1.54, 1.807) is 28.4 Å². The lowest BCUT2D eigenvalue weighted by molar-refractivity contribution is -0.00918. The van der Waals surface area contributed by atoms with Crippen molar-refractivity contribution in [2.24, 2.45) is 0 Å².